The van der Waals surface area contributed by atoms with Crippen LogP contribution >= 0.6 is 12.4 Å². The molecule has 3 heterocycles. The van der Waals surface area contributed by atoms with Crippen molar-refractivity contribution in [3.63, 3.8) is 0 Å². The number of para-hydroxylation sites is 1. The molecule has 6 heteroatoms. The lowest BCUT2D eigenvalue weighted by molar-refractivity contribution is 0.0702. The minimum atomic E-state index is 0. The molecular weight excluding hydrogens is 338 g/mol. The second kappa shape index (κ2) is 7.50. The number of furan rings is 1. The van der Waals surface area contributed by atoms with Gasteiger partial charge >= 0.3 is 0 Å². The molecule has 2 aliphatic heterocycles. The average Bonchev–Trinajstić information content (AvgIpc) is 3.20. The number of hydrogen-bond acceptors (Lipinski definition) is 4. The molecule has 25 heavy (non-hydrogen) atoms. The minimum absolute atomic E-state index is 0. The number of hydrogen-bond donors (Lipinski definition) is 1. The summed E-state index contributed by atoms with van der Waals surface area (Å²) in [4.78, 5) is 17.0. The summed E-state index contributed by atoms with van der Waals surface area (Å²) in [6.45, 7) is 6.11. The van der Waals surface area contributed by atoms with Crippen LogP contribution < -0.4 is 10.2 Å². The van der Waals surface area contributed by atoms with E-state index in [-0.39, 0.29) is 18.3 Å². The van der Waals surface area contributed by atoms with E-state index in [2.05, 4.69) is 41.4 Å². The Hall–Kier alpha value is -1.98. The van der Waals surface area contributed by atoms with Crippen LogP contribution in [0.1, 0.15) is 28.6 Å². The fourth-order valence-electron chi connectivity index (χ4n) is 3.71. The Labute approximate surface area is 154 Å². The normalized spacial score (nSPS) is 19.5. The number of fused-ring (bicyclic) bond motifs is 1. The molecule has 1 amide bonds. The quantitative estimate of drug-likeness (QED) is 0.913. The van der Waals surface area contributed by atoms with Gasteiger partial charge in [-0.05, 0) is 31.0 Å². The van der Waals surface area contributed by atoms with Gasteiger partial charge < -0.3 is 19.5 Å². The Kier molecular flexibility index (Phi) is 5.35. The second-order valence-corrected chi connectivity index (χ2v) is 6.63. The Balaban J connectivity index is 0.00000182. The summed E-state index contributed by atoms with van der Waals surface area (Å²) in [5.74, 6) is 0.505. The Morgan fingerprint density at radius 3 is 2.80 bits per heavy atom. The van der Waals surface area contributed by atoms with Crippen LogP contribution in [-0.2, 0) is 13.0 Å². The predicted octanol–water partition coefficient (Wildman–Crippen LogP) is 2.70. The minimum Gasteiger partial charge on any atom is -0.459 e. The molecule has 2 aliphatic rings. The van der Waals surface area contributed by atoms with Gasteiger partial charge in [-0.25, -0.2) is 0 Å². The molecule has 1 unspecified atom stereocenters. The first kappa shape index (κ1) is 17.8. The summed E-state index contributed by atoms with van der Waals surface area (Å²) < 4.78 is 5.57. The van der Waals surface area contributed by atoms with Gasteiger partial charge in [0.05, 0.1) is 6.26 Å². The van der Waals surface area contributed by atoms with Crippen molar-refractivity contribution >= 4 is 24.0 Å². The highest BCUT2D eigenvalue weighted by Crippen LogP contribution is 2.33. The SMILES string of the molecule is CC1Cc2ccccc2N1Cc1ccoc1C(=O)N1CCNCC1.Cl. The molecular formula is C19H24ClN3O2. The van der Waals surface area contributed by atoms with Gasteiger partial charge in [-0.3, -0.25) is 4.79 Å². The van der Waals surface area contributed by atoms with Crippen LogP contribution in [0.25, 0.3) is 0 Å². The van der Waals surface area contributed by atoms with Crippen molar-refractivity contribution in [2.75, 3.05) is 31.1 Å². The summed E-state index contributed by atoms with van der Waals surface area (Å²) in [5, 5.41) is 3.27. The van der Waals surface area contributed by atoms with E-state index in [0.717, 1.165) is 38.2 Å². The molecule has 0 bridgehead atoms. The first-order valence-corrected chi connectivity index (χ1v) is 8.65. The molecule has 1 fully saturated rings. The molecule has 1 aromatic heterocycles. The van der Waals surface area contributed by atoms with Gasteiger partial charge in [-0.15, -0.1) is 12.4 Å². The van der Waals surface area contributed by atoms with E-state index in [4.69, 9.17) is 4.42 Å². The molecule has 0 radical (unpaired) electrons. The number of rotatable bonds is 3. The smallest absolute Gasteiger partial charge is 0.289 e. The van der Waals surface area contributed by atoms with Gasteiger partial charge in [0.2, 0.25) is 0 Å². The van der Waals surface area contributed by atoms with Gasteiger partial charge in [0.25, 0.3) is 5.91 Å². The lowest BCUT2D eigenvalue weighted by atomic mass is 10.1. The molecule has 0 spiro atoms. The Bertz CT molecular complexity index is 740. The number of carbonyl (C=O) groups is 1. The van der Waals surface area contributed by atoms with Gasteiger partial charge in [-0.1, -0.05) is 18.2 Å². The summed E-state index contributed by atoms with van der Waals surface area (Å²) in [7, 11) is 0. The van der Waals surface area contributed by atoms with Gasteiger partial charge in [0.1, 0.15) is 0 Å². The number of halogens is 1. The number of amides is 1. The first-order valence-electron chi connectivity index (χ1n) is 8.65. The second-order valence-electron chi connectivity index (χ2n) is 6.63. The maximum atomic E-state index is 12.8. The molecule has 5 nitrogen and oxygen atoms in total. The van der Waals surface area contributed by atoms with Crippen LogP contribution in [-0.4, -0.2) is 43.0 Å². The number of nitrogens with zero attached hydrogens (tertiary/aromatic N) is 2. The maximum Gasteiger partial charge on any atom is 0.289 e. The van der Waals surface area contributed by atoms with Crippen molar-refractivity contribution in [1.82, 2.24) is 10.2 Å². The van der Waals surface area contributed by atoms with Gasteiger partial charge in [-0.2, -0.15) is 0 Å². The molecule has 4 rings (SSSR count). The van der Waals surface area contributed by atoms with E-state index in [9.17, 15) is 4.79 Å². The third kappa shape index (κ3) is 3.39. The van der Waals surface area contributed by atoms with Crippen LogP contribution in [0.5, 0.6) is 0 Å². The number of nitrogens with one attached hydrogen (secondary N) is 1. The summed E-state index contributed by atoms with van der Waals surface area (Å²) >= 11 is 0. The van der Waals surface area contributed by atoms with Crippen molar-refractivity contribution in [2.45, 2.75) is 25.9 Å². The summed E-state index contributed by atoms with van der Waals surface area (Å²) in [6, 6.07) is 10.9. The fourth-order valence-corrected chi connectivity index (χ4v) is 3.71. The van der Waals surface area contributed by atoms with E-state index in [1.165, 1.54) is 11.3 Å². The number of benzene rings is 1. The van der Waals surface area contributed by atoms with Crippen molar-refractivity contribution in [3.8, 4) is 0 Å². The third-order valence-corrected chi connectivity index (χ3v) is 5.03. The summed E-state index contributed by atoms with van der Waals surface area (Å²) in [5.41, 5.74) is 3.62. The Morgan fingerprint density at radius 2 is 2.00 bits per heavy atom. The molecule has 1 atom stereocenters. The van der Waals surface area contributed by atoms with Gasteiger partial charge in [0, 0.05) is 50.0 Å². The number of anilines is 1. The third-order valence-electron chi connectivity index (χ3n) is 5.03. The highest BCUT2D eigenvalue weighted by molar-refractivity contribution is 5.93. The van der Waals surface area contributed by atoms with Crippen LogP contribution in [0.15, 0.2) is 41.0 Å². The van der Waals surface area contributed by atoms with Crippen LogP contribution in [0.3, 0.4) is 0 Å². The average molecular weight is 362 g/mol. The Morgan fingerprint density at radius 1 is 1.24 bits per heavy atom. The van der Waals surface area contributed by atoms with Crippen molar-refractivity contribution < 1.29 is 9.21 Å². The summed E-state index contributed by atoms with van der Waals surface area (Å²) in [6.07, 6.45) is 2.69. The van der Waals surface area contributed by atoms with Crippen molar-refractivity contribution in [3.05, 3.63) is 53.5 Å². The van der Waals surface area contributed by atoms with E-state index >= 15 is 0 Å². The van der Waals surface area contributed by atoms with E-state index in [1.807, 2.05) is 11.0 Å². The monoisotopic (exact) mass is 361 g/mol. The zero-order chi connectivity index (χ0) is 16.5. The predicted molar refractivity (Wildman–Crippen MR) is 101 cm³/mol. The number of carbonyl (C=O) groups excluding carboxylic acids is 1. The highest BCUT2D eigenvalue weighted by Gasteiger charge is 2.29. The van der Waals surface area contributed by atoms with E-state index < -0.39 is 0 Å². The highest BCUT2D eigenvalue weighted by atomic mass is 35.5. The van der Waals surface area contributed by atoms with Crippen LogP contribution in [0.2, 0.25) is 0 Å². The molecule has 0 saturated carbocycles. The largest absolute Gasteiger partial charge is 0.459 e. The van der Waals surface area contributed by atoms with E-state index in [1.54, 1.807) is 6.26 Å². The fraction of sp³-hybridized carbons (Fsp3) is 0.421. The lowest BCUT2D eigenvalue weighted by Crippen LogP contribution is -2.46. The zero-order valence-corrected chi connectivity index (χ0v) is 15.2. The zero-order valence-electron chi connectivity index (χ0n) is 14.4. The number of piperazine rings is 1. The van der Waals surface area contributed by atoms with Crippen LogP contribution in [0, 0.1) is 0 Å². The van der Waals surface area contributed by atoms with Crippen molar-refractivity contribution in [2.24, 2.45) is 0 Å². The topological polar surface area (TPSA) is 48.7 Å². The maximum absolute atomic E-state index is 12.8. The first-order chi connectivity index (χ1) is 11.7. The molecule has 0 aliphatic carbocycles. The molecule has 2 aromatic rings. The van der Waals surface area contributed by atoms with Crippen LogP contribution in [0.4, 0.5) is 5.69 Å². The van der Waals surface area contributed by atoms with E-state index in [0.29, 0.717) is 18.3 Å². The standard InChI is InChI=1S/C19H23N3O2.ClH/c1-14-12-15-4-2-3-5-17(15)22(14)13-16-6-11-24-18(16)19(23)21-9-7-20-8-10-21;/h2-6,11,14,20H,7-10,12-13H2,1H3;1H. The molecule has 134 valence electrons. The molecule has 1 N–H and O–H groups in total. The molecule has 1 aromatic carbocycles. The van der Waals surface area contributed by atoms with Gasteiger partial charge in [0.15, 0.2) is 5.76 Å². The lowest BCUT2D eigenvalue weighted by Gasteiger charge is -2.28. The van der Waals surface area contributed by atoms with Crippen molar-refractivity contribution in [1.29, 1.82) is 0 Å². The molecule has 1 saturated heterocycles.